The van der Waals surface area contributed by atoms with Gasteiger partial charge in [-0.2, -0.15) is 0 Å². The van der Waals surface area contributed by atoms with Crippen molar-refractivity contribution in [1.29, 1.82) is 0 Å². The zero-order valence-electron chi connectivity index (χ0n) is 16.9. The summed E-state index contributed by atoms with van der Waals surface area (Å²) in [6.07, 6.45) is 5.97. The number of hydrogen-bond donors (Lipinski definition) is 2. The van der Waals surface area contributed by atoms with Crippen LogP contribution in [0.1, 0.15) is 66.8 Å². The van der Waals surface area contributed by atoms with Crippen molar-refractivity contribution in [1.82, 2.24) is 25.6 Å². The molecule has 1 aliphatic rings. The van der Waals surface area contributed by atoms with Crippen molar-refractivity contribution in [2.75, 3.05) is 13.1 Å². The molecule has 28 heavy (non-hydrogen) atoms. The van der Waals surface area contributed by atoms with Crippen LogP contribution in [0.5, 0.6) is 0 Å². The number of halogens is 1. The molecule has 1 aromatic carbocycles. The van der Waals surface area contributed by atoms with Gasteiger partial charge in [0.2, 0.25) is 0 Å². The van der Waals surface area contributed by atoms with E-state index in [0.29, 0.717) is 11.7 Å². The topological polar surface area (TPSA) is 71.8 Å². The summed E-state index contributed by atoms with van der Waals surface area (Å²) < 4.78 is 1.94. The van der Waals surface area contributed by atoms with Crippen LogP contribution in [0.15, 0.2) is 30.3 Å². The van der Waals surface area contributed by atoms with Crippen molar-refractivity contribution in [3.8, 4) is 0 Å². The van der Waals surface area contributed by atoms with E-state index >= 15 is 0 Å². The third kappa shape index (κ3) is 5.79. The van der Waals surface area contributed by atoms with E-state index in [1.165, 1.54) is 5.56 Å². The number of amides is 1. The monoisotopic (exact) mass is 405 g/mol. The normalized spacial score (nSPS) is 15.6. The summed E-state index contributed by atoms with van der Waals surface area (Å²) >= 11 is 0. The van der Waals surface area contributed by atoms with Gasteiger partial charge < -0.3 is 10.6 Å². The maximum atomic E-state index is 12.8. The molecule has 0 spiro atoms. The highest BCUT2D eigenvalue weighted by atomic mass is 35.5. The zero-order chi connectivity index (χ0) is 19.1. The SMILES string of the molecule is CCCC(CCc1ccccc1)NC(=O)c1nnn(C2CCNCC2)c1C.Cl. The van der Waals surface area contributed by atoms with Crippen LogP contribution in [0.4, 0.5) is 0 Å². The largest absolute Gasteiger partial charge is 0.348 e. The Labute approximate surface area is 173 Å². The van der Waals surface area contributed by atoms with Gasteiger partial charge in [-0.25, -0.2) is 4.68 Å². The summed E-state index contributed by atoms with van der Waals surface area (Å²) in [5.74, 6) is -0.0980. The number of nitrogens with zero attached hydrogens (tertiary/aromatic N) is 3. The standard InChI is InChI=1S/C21H31N5O.ClH/c1-3-7-18(11-10-17-8-5-4-6-9-17)23-21(27)20-16(2)26(25-24-20)19-12-14-22-15-13-19;/h4-6,8-9,18-19,22H,3,7,10-15H2,1-2H3,(H,23,27);1H. The Balaban J connectivity index is 0.00000280. The molecular weight excluding hydrogens is 374 g/mol. The summed E-state index contributed by atoms with van der Waals surface area (Å²) in [7, 11) is 0. The third-order valence-corrected chi connectivity index (χ3v) is 5.39. The lowest BCUT2D eigenvalue weighted by Crippen LogP contribution is -2.36. The van der Waals surface area contributed by atoms with E-state index in [9.17, 15) is 4.79 Å². The van der Waals surface area contributed by atoms with Gasteiger partial charge in [0, 0.05) is 6.04 Å². The molecule has 3 rings (SSSR count). The van der Waals surface area contributed by atoms with Crippen LogP contribution in [0.2, 0.25) is 0 Å². The Kier molecular flexibility index (Phi) is 8.93. The molecule has 0 radical (unpaired) electrons. The smallest absolute Gasteiger partial charge is 0.273 e. The highest BCUT2D eigenvalue weighted by Gasteiger charge is 2.24. The second kappa shape index (κ2) is 11.2. The van der Waals surface area contributed by atoms with E-state index in [-0.39, 0.29) is 24.4 Å². The number of rotatable bonds is 8. The van der Waals surface area contributed by atoms with Crippen LogP contribution < -0.4 is 10.6 Å². The molecule has 2 heterocycles. The number of carbonyl (C=O) groups excluding carboxylic acids is 1. The molecular formula is C21H32ClN5O. The number of aryl methyl sites for hydroxylation is 1. The van der Waals surface area contributed by atoms with Crippen LogP contribution in [-0.2, 0) is 6.42 Å². The molecule has 2 aromatic rings. The van der Waals surface area contributed by atoms with Crippen molar-refractivity contribution in [3.05, 3.63) is 47.3 Å². The van der Waals surface area contributed by atoms with Gasteiger partial charge in [0.1, 0.15) is 0 Å². The number of hydrogen-bond acceptors (Lipinski definition) is 4. The lowest BCUT2D eigenvalue weighted by Gasteiger charge is -2.23. The minimum Gasteiger partial charge on any atom is -0.348 e. The second-order valence-corrected chi connectivity index (χ2v) is 7.43. The van der Waals surface area contributed by atoms with E-state index in [0.717, 1.165) is 57.3 Å². The maximum absolute atomic E-state index is 12.8. The molecule has 0 aliphatic carbocycles. The van der Waals surface area contributed by atoms with Gasteiger partial charge in [-0.15, -0.1) is 17.5 Å². The predicted octanol–water partition coefficient (Wildman–Crippen LogP) is 3.46. The van der Waals surface area contributed by atoms with Gasteiger partial charge in [-0.1, -0.05) is 48.9 Å². The molecule has 1 atom stereocenters. The highest BCUT2D eigenvalue weighted by Crippen LogP contribution is 2.20. The van der Waals surface area contributed by atoms with Crippen molar-refractivity contribution in [2.45, 2.75) is 64.5 Å². The van der Waals surface area contributed by atoms with Gasteiger partial charge in [0.05, 0.1) is 11.7 Å². The molecule has 6 nitrogen and oxygen atoms in total. The molecule has 154 valence electrons. The van der Waals surface area contributed by atoms with E-state index < -0.39 is 0 Å². The van der Waals surface area contributed by atoms with Gasteiger partial charge in [0.25, 0.3) is 5.91 Å². The Morgan fingerprint density at radius 3 is 2.64 bits per heavy atom. The van der Waals surface area contributed by atoms with Crippen molar-refractivity contribution in [2.24, 2.45) is 0 Å². The number of aromatic nitrogens is 3. The Bertz CT molecular complexity index is 728. The molecule has 1 aromatic heterocycles. The average Bonchev–Trinajstić information content (AvgIpc) is 3.09. The third-order valence-electron chi connectivity index (χ3n) is 5.39. The van der Waals surface area contributed by atoms with Gasteiger partial charge >= 0.3 is 0 Å². The van der Waals surface area contributed by atoms with Gasteiger partial charge in [0.15, 0.2) is 5.69 Å². The summed E-state index contributed by atoms with van der Waals surface area (Å²) in [6.45, 7) is 6.09. The molecule has 1 saturated heterocycles. The molecule has 2 N–H and O–H groups in total. The molecule has 7 heteroatoms. The fourth-order valence-electron chi connectivity index (χ4n) is 3.83. The minimum atomic E-state index is -0.0980. The zero-order valence-corrected chi connectivity index (χ0v) is 17.7. The van der Waals surface area contributed by atoms with E-state index in [2.05, 4.69) is 52.1 Å². The first-order chi connectivity index (χ1) is 13.2. The highest BCUT2D eigenvalue weighted by molar-refractivity contribution is 5.93. The predicted molar refractivity (Wildman–Crippen MR) is 114 cm³/mol. The molecule has 0 bridgehead atoms. The van der Waals surface area contributed by atoms with Gasteiger partial charge in [-0.3, -0.25) is 4.79 Å². The first kappa shape index (κ1) is 22.4. The van der Waals surface area contributed by atoms with Crippen molar-refractivity contribution in [3.63, 3.8) is 0 Å². The second-order valence-electron chi connectivity index (χ2n) is 7.43. The molecule has 1 unspecified atom stereocenters. The fraction of sp³-hybridized carbons (Fsp3) is 0.571. The molecule has 1 aliphatic heterocycles. The Morgan fingerprint density at radius 1 is 1.25 bits per heavy atom. The van der Waals surface area contributed by atoms with Crippen molar-refractivity contribution >= 4 is 18.3 Å². The van der Waals surface area contributed by atoms with Crippen LogP contribution in [-0.4, -0.2) is 40.0 Å². The number of piperidine rings is 1. The first-order valence-corrected chi connectivity index (χ1v) is 10.2. The number of benzene rings is 1. The van der Waals surface area contributed by atoms with Crippen LogP contribution >= 0.6 is 12.4 Å². The molecule has 1 fully saturated rings. The molecule has 1 amide bonds. The van der Waals surface area contributed by atoms with Crippen LogP contribution in [0, 0.1) is 6.92 Å². The quantitative estimate of drug-likeness (QED) is 0.705. The first-order valence-electron chi connectivity index (χ1n) is 10.2. The summed E-state index contributed by atoms with van der Waals surface area (Å²) in [5.41, 5.74) is 2.65. The Hall–Kier alpha value is -1.92. The van der Waals surface area contributed by atoms with E-state index in [1.807, 2.05) is 17.7 Å². The lowest BCUT2D eigenvalue weighted by atomic mass is 10.0. The number of carbonyl (C=O) groups is 1. The maximum Gasteiger partial charge on any atom is 0.273 e. The van der Waals surface area contributed by atoms with Crippen molar-refractivity contribution < 1.29 is 4.79 Å². The summed E-state index contributed by atoms with van der Waals surface area (Å²) in [4.78, 5) is 12.8. The molecule has 0 saturated carbocycles. The van der Waals surface area contributed by atoms with Gasteiger partial charge in [-0.05, 0) is 57.7 Å². The summed E-state index contributed by atoms with van der Waals surface area (Å²) in [6, 6.07) is 10.9. The average molecular weight is 406 g/mol. The Morgan fingerprint density at radius 2 is 1.96 bits per heavy atom. The fourth-order valence-corrected chi connectivity index (χ4v) is 3.83. The van der Waals surface area contributed by atoms with E-state index in [1.54, 1.807) is 0 Å². The van der Waals surface area contributed by atoms with E-state index in [4.69, 9.17) is 0 Å². The number of nitrogens with one attached hydrogen (secondary N) is 2. The summed E-state index contributed by atoms with van der Waals surface area (Å²) in [5, 5.41) is 15.0. The van der Waals surface area contributed by atoms with Crippen LogP contribution in [0.25, 0.3) is 0 Å². The lowest BCUT2D eigenvalue weighted by molar-refractivity contribution is 0.0927. The minimum absolute atomic E-state index is 0. The van der Waals surface area contributed by atoms with Crippen LogP contribution in [0.3, 0.4) is 0 Å².